The number of hydrogen-bond acceptors (Lipinski definition) is 5. The number of carbonyl (C=O) groups is 3. The smallest absolute Gasteiger partial charge is 0.226 e. The average molecular weight is 467 g/mol. The molecule has 1 aliphatic heterocycles. The Balaban J connectivity index is 1.52. The van der Waals surface area contributed by atoms with Crippen molar-refractivity contribution < 1.29 is 19.1 Å². The monoisotopic (exact) mass is 466 g/mol. The molecular formula is C26H34N4O4. The summed E-state index contributed by atoms with van der Waals surface area (Å²) < 4.78 is 5.17. The molecule has 182 valence electrons. The maximum atomic E-state index is 12.6. The highest BCUT2D eigenvalue weighted by molar-refractivity contribution is 5.92. The number of carbonyl (C=O) groups excluding carboxylic acids is 3. The lowest BCUT2D eigenvalue weighted by Gasteiger charge is -2.20. The number of amides is 3. The number of nitrogens with zero attached hydrogens (tertiary/aromatic N) is 1. The second kappa shape index (κ2) is 12.1. The molecule has 2 aromatic carbocycles. The molecule has 1 saturated heterocycles. The van der Waals surface area contributed by atoms with Gasteiger partial charge in [0, 0.05) is 43.9 Å². The van der Waals surface area contributed by atoms with Crippen molar-refractivity contribution in [3.63, 3.8) is 0 Å². The summed E-state index contributed by atoms with van der Waals surface area (Å²) >= 11 is 0. The van der Waals surface area contributed by atoms with E-state index in [1.165, 1.54) is 19.8 Å². The summed E-state index contributed by atoms with van der Waals surface area (Å²) in [5, 5.41) is 8.61. The maximum Gasteiger partial charge on any atom is 0.226 e. The predicted octanol–water partition coefficient (Wildman–Crippen LogP) is 3.40. The molecule has 0 saturated carbocycles. The van der Waals surface area contributed by atoms with Gasteiger partial charge in [-0.15, -0.1) is 0 Å². The fourth-order valence-corrected chi connectivity index (χ4v) is 4.15. The van der Waals surface area contributed by atoms with Crippen LogP contribution in [0.1, 0.15) is 51.1 Å². The Labute approximate surface area is 201 Å². The number of rotatable bonds is 10. The Morgan fingerprint density at radius 2 is 1.68 bits per heavy atom. The number of benzene rings is 2. The van der Waals surface area contributed by atoms with Crippen molar-refractivity contribution >= 4 is 29.1 Å². The molecule has 3 rings (SSSR count). The van der Waals surface area contributed by atoms with Gasteiger partial charge in [-0.3, -0.25) is 14.4 Å². The topological polar surface area (TPSA) is 99.8 Å². The number of methoxy groups -OCH3 is 1. The molecule has 0 aromatic heterocycles. The van der Waals surface area contributed by atoms with E-state index in [2.05, 4.69) is 26.9 Å². The van der Waals surface area contributed by atoms with Crippen molar-refractivity contribution in [2.24, 2.45) is 0 Å². The third kappa shape index (κ3) is 7.50. The van der Waals surface area contributed by atoms with Crippen LogP contribution in [0.3, 0.4) is 0 Å². The van der Waals surface area contributed by atoms with Crippen LogP contribution in [-0.2, 0) is 14.4 Å². The van der Waals surface area contributed by atoms with Crippen LogP contribution in [0.4, 0.5) is 11.4 Å². The third-order valence-electron chi connectivity index (χ3n) is 5.79. The van der Waals surface area contributed by atoms with Crippen LogP contribution in [0, 0.1) is 0 Å². The van der Waals surface area contributed by atoms with Gasteiger partial charge in [0.25, 0.3) is 0 Å². The van der Waals surface area contributed by atoms with E-state index in [1.807, 2.05) is 30.3 Å². The molecule has 2 atom stereocenters. The zero-order valence-corrected chi connectivity index (χ0v) is 20.1. The summed E-state index contributed by atoms with van der Waals surface area (Å²) in [5.74, 6) is 0.0587. The molecule has 2 aromatic rings. The first-order valence-corrected chi connectivity index (χ1v) is 11.7. The van der Waals surface area contributed by atoms with Gasteiger partial charge in [-0.05, 0) is 55.7 Å². The van der Waals surface area contributed by atoms with Gasteiger partial charge in [-0.1, -0.05) is 18.2 Å². The van der Waals surface area contributed by atoms with Crippen LogP contribution >= 0.6 is 0 Å². The molecule has 3 amide bonds. The molecule has 8 nitrogen and oxygen atoms in total. The van der Waals surface area contributed by atoms with Gasteiger partial charge in [-0.2, -0.15) is 0 Å². The van der Waals surface area contributed by atoms with E-state index in [0.29, 0.717) is 5.75 Å². The van der Waals surface area contributed by atoms with Crippen molar-refractivity contribution in [2.45, 2.75) is 51.6 Å². The molecule has 34 heavy (non-hydrogen) atoms. The molecular weight excluding hydrogens is 432 g/mol. The van der Waals surface area contributed by atoms with Gasteiger partial charge in [0.05, 0.1) is 19.6 Å². The Bertz CT molecular complexity index is 987. The highest BCUT2D eigenvalue weighted by atomic mass is 16.5. The third-order valence-corrected chi connectivity index (χ3v) is 5.79. The van der Waals surface area contributed by atoms with Crippen molar-refractivity contribution in [2.75, 3.05) is 30.4 Å². The Hall–Kier alpha value is -3.55. The SMILES string of the molecule is COc1ccc(C(CC(=O)NC(C)CC(=O)Nc2cccc(N3CCCC3)c2)NC(C)=O)cc1. The van der Waals surface area contributed by atoms with Crippen LogP contribution < -0.4 is 25.6 Å². The lowest BCUT2D eigenvalue weighted by Crippen LogP contribution is -2.38. The lowest BCUT2D eigenvalue weighted by atomic mass is 10.0. The molecule has 0 bridgehead atoms. The number of anilines is 2. The van der Waals surface area contributed by atoms with Crippen molar-refractivity contribution in [1.82, 2.24) is 10.6 Å². The molecule has 8 heteroatoms. The molecule has 1 fully saturated rings. The first-order chi connectivity index (χ1) is 16.3. The van der Waals surface area contributed by atoms with Gasteiger partial charge in [0.2, 0.25) is 17.7 Å². The fraction of sp³-hybridized carbons (Fsp3) is 0.423. The zero-order chi connectivity index (χ0) is 24.5. The molecule has 1 aliphatic rings. The van der Waals surface area contributed by atoms with Crippen molar-refractivity contribution in [1.29, 1.82) is 0 Å². The quantitative estimate of drug-likeness (QED) is 0.498. The molecule has 2 unspecified atom stereocenters. The van der Waals surface area contributed by atoms with Crippen molar-refractivity contribution in [3.05, 3.63) is 54.1 Å². The van der Waals surface area contributed by atoms with E-state index in [-0.39, 0.29) is 36.6 Å². The lowest BCUT2D eigenvalue weighted by molar-refractivity contribution is -0.123. The van der Waals surface area contributed by atoms with Crippen LogP contribution in [0.5, 0.6) is 5.75 Å². The Morgan fingerprint density at radius 3 is 2.32 bits per heavy atom. The highest BCUT2D eigenvalue weighted by Crippen LogP contribution is 2.24. The van der Waals surface area contributed by atoms with Crippen molar-refractivity contribution in [3.8, 4) is 5.75 Å². The summed E-state index contributed by atoms with van der Waals surface area (Å²) in [5.41, 5.74) is 2.66. The fourth-order valence-electron chi connectivity index (χ4n) is 4.15. The van der Waals surface area contributed by atoms with Gasteiger partial charge in [0.1, 0.15) is 5.75 Å². The maximum absolute atomic E-state index is 12.6. The van der Waals surface area contributed by atoms with E-state index >= 15 is 0 Å². The van der Waals surface area contributed by atoms with Gasteiger partial charge in [0.15, 0.2) is 0 Å². The van der Waals surface area contributed by atoms with Crippen LogP contribution in [0.2, 0.25) is 0 Å². The predicted molar refractivity (Wildman–Crippen MR) is 133 cm³/mol. The van der Waals surface area contributed by atoms with Crippen LogP contribution in [-0.4, -0.2) is 44.0 Å². The van der Waals surface area contributed by atoms with Gasteiger partial charge >= 0.3 is 0 Å². The minimum Gasteiger partial charge on any atom is -0.497 e. The molecule has 0 aliphatic carbocycles. The molecule has 3 N–H and O–H groups in total. The highest BCUT2D eigenvalue weighted by Gasteiger charge is 2.20. The first kappa shape index (κ1) is 25.1. The number of ether oxygens (including phenoxy) is 1. The summed E-state index contributed by atoms with van der Waals surface area (Å²) in [6.07, 6.45) is 2.59. The summed E-state index contributed by atoms with van der Waals surface area (Å²) in [7, 11) is 1.58. The van der Waals surface area contributed by atoms with E-state index in [1.54, 1.807) is 26.2 Å². The molecule has 0 radical (unpaired) electrons. The number of hydrogen-bond donors (Lipinski definition) is 3. The summed E-state index contributed by atoms with van der Waals surface area (Å²) in [4.78, 5) is 39.2. The first-order valence-electron chi connectivity index (χ1n) is 11.7. The second-order valence-electron chi connectivity index (χ2n) is 8.70. The minimum atomic E-state index is -0.474. The second-order valence-corrected chi connectivity index (χ2v) is 8.70. The summed E-state index contributed by atoms with van der Waals surface area (Å²) in [6, 6.07) is 14.2. The van der Waals surface area contributed by atoms with Gasteiger partial charge < -0.3 is 25.6 Å². The minimum absolute atomic E-state index is 0.0652. The van der Waals surface area contributed by atoms with E-state index in [9.17, 15) is 14.4 Å². The standard InChI is InChI=1S/C26H34N4O4/c1-18(15-25(32)29-21-7-6-8-22(16-21)30-13-4-5-14-30)27-26(33)17-24(28-19(2)31)20-9-11-23(34-3)12-10-20/h6-12,16,18,24H,4-5,13-15,17H2,1-3H3,(H,27,33)(H,28,31)(H,29,32). The van der Waals surface area contributed by atoms with Crippen LogP contribution in [0.15, 0.2) is 48.5 Å². The normalized spacial score (nSPS) is 14.7. The molecule has 0 spiro atoms. The zero-order valence-electron chi connectivity index (χ0n) is 20.1. The van der Waals surface area contributed by atoms with Gasteiger partial charge in [-0.25, -0.2) is 0 Å². The van der Waals surface area contributed by atoms with Crippen LogP contribution in [0.25, 0.3) is 0 Å². The Morgan fingerprint density at radius 1 is 0.971 bits per heavy atom. The molecule has 1 heterocycles. The van der Waals surface area contributed by atoms with E-state index < -0.39 is 6.04 Å². The largest absolute Gasteiger partial charge is 0.497 e. The Kier molecular flexibility index (Phi) is 8.90. The van der Waals surface area contributed by atoms with E-state index in [4.69, 9.17) is 4.74 Å². The summed E-state index contributed by atoms with van der Waals surface area (Å²) in [6.45, 7) is 5.28. The average Bonchev–Trinajstić information content (AvgIpc) is 3.33. The number of nitrogens with one attached hydrogen (secondary N) is 3. The van der Waals surface area contributed by atoms with E-state index in [0.717, 1.165) is 30.0 Å².